The Balaban J connectivity index is 2.86. The second-order valence-corrected chi connectivity index (χ2v) is 4.13. The fraction of sp³-hybridized carbons (Fsp3) is 0.727. The van der Waals surface area contributed by atoms with Crippen LogP contribution in [0, 0.1) is 12.8 Å². The molecule has 0 amide bonds. The standard InChI is InChI=1S/C11H20N2O/c1-5-6-9-12-8(4)10(13-9)11(14)7(2)3/h7,11,14H,5-6H2,1-4H3,(H,12,13). The third-order valence-electron chi connectivity index (χ3n) is 2.37. The molecular formula is C11H20N2O. The predicted octanol–water partition coefficient (Wildman–Crippen LogP) is 2.36. The van der Waals surface area contributed by atoms with Crippen LogP contribution in [-0.4, -0.2) is 15.1 Å². The van der Waals surface area contributed by atoms with Gasteiger partial charge in [-0.05, 0) is 19.3 Å². The second kappa shape index (κ2) is 4.60. The molecule has 1 aromatic rings. The van der Waals surface area contributed by atoms with Crippen LogP contribution in [0.3, 0.4) is 0 Å². The molecule has 0 aliphatic carbocycles. The van der Waals surface area contributed by atoms with E-state index < -0.39 is 6.10 Å². The molecule has 0 radical (unpaired) electrons. The third-order valence-corrected chi connectivity index (χ3v) is 2.37. The minimum Gasteiger partial charge on any atom is -0.386 e. The van der Waals surface area contributed by atoms with Crippen LogP contribution in [0.15, 0.2) is 0 Å². The first-order valence-electron chi connectivity index (χ1n) is 5.29. The number of H-pyrrole nitrogens is 1. The third kappa shape index (κ3) is 2.35. The molecule has 1 atom stereocenters. The van der Waals surface area contributed by atoms with Gasteiger partial charge in [0.25, 0.3) is 0 Å². The fourth-order valence-electron chi connectivity index (χ4n) is 1.50. The highest BCUT2D eigenvalue weighted by Gasteiger charge is 2.18. The summed E-state index contributed by atoms with van der Waals surface area (Å²) in [6.45, 7) is 8.08. The molecule has 0 saturated carbocycles. The average molecular weight is 196 g/mol. The van der Waals surface area contributed by atoms with Crippen molar-refractivity contribution in [3.8, 4) is 0 Å². The summed E-state index contributed by atoms with van der Waals surface area (Å²) in [6.07, 6.45) is 1.58. The van der Waals surface area contributed by atoms with Gasteiger partial charge in [-0.3, -0.25) is 0 Å². The van der Waals surface area contributed by atoms with E-state index in [1.807, 2.05) is 20.8 Å². The summed E-state index contributed by atoms with van der Waals surface area (Å²) in [7, 11) is 0. The van der Waals surface area contributed by atoms with Gasteiger partial charge in [0, 0.05) is 12.1 Å². The molecular weight excluding hydrogens is 176 g/mol. The normalized spacial score (nSPS) is 13.6. The molecule has 0 saturated heterocycles. The Labute approximate surface area is 85.6 Å². The van der Waals surface area contributed by atoms with Crippen molar-refractivity contribution in [2.75, 3.05) is 0 Å². The molecule has 2 N–H and O–H groups in total. The lowest BCUT2D eigenvalue weighted by Crippen LogP contribution is -2.07. The number of hydrogen-bond acceptors (Lipinski definition) is 2. The summed E-state index contributed by atoms with van der Waals surface area (Å²) in [5.74, 6) is 1.20. The minimum atomic E-state index is -0.447. The zero-order valence-electron chi connectivity index (χ0n) is 9.46. The second-order valence-electron chi connectivity index (χ2n) is 4.13. The molecule has 1 aromatic heterocycles. The summed E-state index contributed by atoms with van der Waals surface area (Å²) >= 11 is 0. The maximum absolute atomic E-state index is 9.88. The largest absolute Gasteiger partial charge is 0.386 e. The Kier molecular flexibility index (Phi) is 3.69. The van der Waals surface area contributed by atoms with Crippen LogP contribution in [0.4, 0.5) is 0 Å². The molecule has 3 nitrogen and oxygen atoms in total. The van der Waals surface area contributed by atoms with E-state index in [2.05, 4.69) is 16.9 Å². The van der Waals surface area contributed by atoms with Crippen molar-refractivity contribution in [1.29, 1.82) is 0 Å². The van der Waals surface area contributed by atoms with Crippen LogP contribution in [0.25, 0.3) is 0 Å². The Morgan fingerprint density at radius 1 is 1.43 bits per heavy atom. The van der Waals surface area contributed by atoms with Crippen LogP contribution in [0.1, 0.15) is 50.5 Å². The van der Waals surface area contributed by atoms with Gasteiger partial charge in [0.2, 0.25) is 0 Å². The van der Waals surface area contributed by atoms with Crippen LogP contribution in [-0.2, 0) is 6.42 Å². The summed E-state index contributed by atoms with van der Waals surface area (Å²) in [6, 6.07) is 0. The van der Waals surface area contributed by atoms with Crippen molar-refractivity contribution in [3.63, 3.8) is 0 Å². The van der Waals surface area contributed by atoms with Crippen molar-refractivity contribution in [1.82, 2.24) is 9.97 Å². The average Bonchev–Trinajstić information content (AvgIpc) is 2.46. The van der Waals surface area contributed by atoms with E-state index in [9.17, 15) is 5.11 Å². The van der Waals surface area contributed by atoms with Crippen molar-refractivity contribution in [3.05, 3.63) is 17.2 Å². The van der Waals surface area contributed by atoms with Crippen molar-refractivity contribution in [2.45, 2.75) is 46.6 Å². The Morgan fingerprint density at radius 2 is 2.07 bits per heavy atom. The predicted molar refractivity (Wildman–Crippen MR) is 57.1 cm³/mol. The number of imidazole rings is 1. The molecule has 0 fully saturated rings. The van der Waals surface area contributed by atoms with Gasteiger partial charge in [0.15, 0.2) is 0 Å². The summed E-state index contributed by atoms with van der Waals surface area (Å²) < 4.78 is 0. The number of aliphatic hydroxyl groups is 1. The fourth-order valence-corrected chi connectivity index (χ4v) is 1.50. The van der Waals surface area contributed by atoms with E-state index in [1.165, 1.54) is 0 Å². The van der Waals surface area contributed by atoms with Gasteiger partial charge in [-0.25, -0.2) is 4.98 Å². The lowest BCUT2D eigenvalue weighted by Gasteiger charge is -2.12. The number of aromatic nitrogens is 2. The van der Waals surface area contributed by atoms with Crippen LogP contribution in [0.2, 0.25) is 0 Å². The van der Waals surface area contributed by atoms with Crippen molar-refractivity contribution >= 4 is 0 Å². The number of nitrogens with zero attached hydrogens (tertiary/aromatic N) is 1. The minimum absolute atomic E-state index is 0.214. The van der Waals surface area contributed by atoms with E-state index in [0.29, 0.717) is 0 Å². The molecule has 1 unspecified atom stereocenters. The Bertz CT molecular complexity index is 291. The van der Waals surface area contributed by atoms with E-state index in [4.69, 9.17) is 0 Å². The zero-order valence-corrected chi connectivity index (χ0v) is 9.46. The van der Waals surface area contributed by atoms with Crippen LogP contribution >= 0.6 is 0 Å². The SMILES string of the molecule is CCCc1nc(C(O)C(C)C)c(C)[nH]1. The zero-order chi connectivity index (χ0) is 10.7. The number of aryl methyl sites for hydroxylation is 2. The number of hydrogen-bond donors (Lipinski definition) is 2. The highest BCUT2D eigenvalue weighted by atomic mass is 16.3. The van der Waals surface area contributed by atoms with Gasteiger partial charge in [-0.1, -0.05) is 20.8 Å². The molecule has 1 heterocycles. The van der Waals surface area contributed by atoms with Crippen LogP contribution < -0.4 is 0 Å². The highest BCUT2D eigenvalue weighted by molar-refractivity contribution is 5.16. The van der Waals surface area contributed by atoms with Gasteiger partial charge in [-0.2, -0.15) is 0 Å². The molecule has 0 bridgehead atoms. The van der Waals surface area contributed by atoms with E-state index in [0.717, 1.165) is 30.1 Å². The molecule has 0 aliphatic rings. The molecule has 3 heteroatoms. The maximum Gasteiger partial charge on any atom is 0.106 e. The quantitative estimate of drug-likeness (QED) is 0.776. The van der Waals surface area contributed by atoms with Gasteiger partial charge >= 0.3 is 0 Å². The van der Waals surface area contributed by atoms with Crippen molar-refractivity contribution in [2.24, 2.45) is 5.92 Å². The Morgan fingerprint density at radius 3 is 2.57 bits per heavy atom. The molecule has 80 valence electrons. The lowest BCUT2D eigenvalue weighted by molar-refractivity contribution is 0.122. The monoisotopic (exact) mass is 196 g/mol. The first-order valence-corrected chi connectivity index (χ1v) is 5.29. The van der Waals surface area contributed by atoms with Gasteiger partial charge in [0.1, 0.15) is 11.9 Å². The van der Waals surface area contributed by atoms with Gasteiger partial charge < -0.3 is 10.1 Å². The number of rotatable bonds is 4. The van der Waals surface area contributed by atoms with Crippen molar-refractivity contribution < 1.29 is 5.11 Å². The molecule has 0 aliphatic heterocycles. The number of nitrogens with one attached hydrogen (secondary N) is 1. The molecule has 0 spiro atoms. The number of aliphatic hydroxyl groups excluding tert-OH is 1. The van der Waals surface area contributed by atoms with E-state index >= 15 is 0 Å². The summed E-state index contributed by atoms with van der Waals surface area (Å²) in [5, 5.41) is 9.88. The topological polar surface area (TPSA) is 48.9 Å². The number of aromatic amines is 1. The first kappa shape index (κ1) is 11.2. The lowest BCUT2D eigenvalue weighted by atomic mass is 10.0. The summed E-state index contributed by atoms with van der Waals surface area (Å²) in [5.41, 5.74) is 1.80. The molecule has 14 heavy (non-hydrogen) atoms. The summed E-state index contributed by atoms with van der Waals surface area (Å²) in [4.78, 5) is 7.63. The molecule has 1 rings (SSSR count). The van der Waals surface area contributed by atoms with Gasteiger partial charge in [-0.15, -0.1) is 0 Å². The maximum atomic E-state index is 9.88. The van der Waals surface area contributed by atoms with Crippen LogP contribution in [0.5, 0.6) is 0 Å². The first-order chi connectivity index (χ1) is 6.56. The Hall–Kier alpha value is -0.830. The smallest absolute Gasteiger partial charge is 0.106 e. The van der Waals surface area contributed by atoms with E-state index in [1.54, 1.807) is 0 Å². The highest BCUT2D eigenvalue weighted by Crippen LogP contribution is 2.22. The van der Waals surface area contributed by atoms with Gasteiger partial charge in [0.05, 0.1) is 5.69 Å². The van der Waals surface area contributed by atoms with E-state index in [-0.39, 0.29) is 5.92 Å². The molecule has 0 aromatic carbocycles.